The Balaban J connectivity index is 1.58. The second-order valence-corrected chi connectivity index (χ2v) is 10.4. The first-order valence-corrected chi connectivity index (χ1v) is 12.6. The highest BCUT2D eigenvalue weighted by atomic mass is 32.2. The predicted molar refractivity (Wildman–Crippen MR) is 124 cm³/mol. The lowest BCUT2D eigenvalue weighted by Gasteiger charge is -2.38. The summed E-state index contributed by atoms with van der Waals surface area (Å²) in [4.78, 5) is 32.3. The number of methoxy groups -OCH3 is 1. The van der Waals surface area contributed by atoms with Crippen LogP contribution in [0.25, 0.3) is 0 Å². The van der Waals surface area contributed by atoms with E-state index in [0.29, 0.717) is 25.1 Å². The zero-order valence-corrected chi connectivity index (χ0v) is 20.0. The minimum Gasteiger partial charge on any atom is -0.497 e. The Kier molecular flexibility index (Phi) is 7.20. The summed E-state index contributed by atoms with van der Waals surface area (Å²) >= 11 is 0. The summed E-state index contributed by atoms with van der Waals surface area (Å²) in [6.45, 7) is 2.44. The molecule has 0 saturated carbocycles. The summed E-state index contributed by atoms with van der Waals surface area (Å²) < 4.78 is 33.9. The SMILES string of the molecule is COc1ccc(S(=O)(=O)N2[C@H](C(=O)NOCc3ccccc3)C[C@@H]3CCN(C(C)=O)C[C@@H]32)cc1. The van der Waals surface area contributed by atoms with Gasteiger partial charge < -0.3 is 9.64 Å². The number of benzene rings is 2. The maximum atomic E-state index is 13.7. The number of likely N-dealkylation sites (tertiary alicyclic amines) is 1. The molecule has 0 radical (unpaired) electrons. The number of hydrogen-bond acceptors (Lipinski definition) is 6. The second kappa shape index (κ2) is 10.1. The van der Waals surface area contributed by atoms with Crippen molar-refractivity contribution in [1.29, 1.82) is 0 Å². The first-order chi connectivity index (χ1) is 16.3. The third-order valence-electron chi connectivity index (χ3n) is 6.52. The maximum Gasteiger partial charge on any atom is 0.262 e. The Labute approximate surface area is 199 Å². The van der Waals surface area contributed by atoms with E-state index in [4.69, 9.17) is 9.57 Å². The average molecular weight is 488 g/mol. The van der Waals surface area contributed by atoms with E-state index in [1.165, 1.54) is 30.5 Å². The molecule has 0 aliphatic carbocycles. The molecular formula is C24H29N3O6S. The quantitative estimate of drug-likeness (QED) is 0.599. The van der Waals surface area contributed by atoms with Crippen LogP contribution < -0.4 is 10.2 Å². The molecule has 2 amide bonds. The van der Waals surface area contributed by atoms with Crippen molar-refractivity contribution in [2.24, 2.45) is 5.92 Å². The van der Waals surface area contributed by atoms with E-state index in [2.05, 4.69) is 5.48 Å². The molecule has 2 aromatic rings. The molecule has 1 N–H and O–H groups in total. The number of nitrogens with zero attached hydrogens (tertiary/aromatic N) is 2. The van der Waals surface area contributed by atoms with E-state index in [9.17, 15) is 18.0 Å². The fraction of sp³-hybridized carbons (Fsp3) is 0.417. The summed E-state index contributed by atoms with van der Waals surface area (Å²) in [5.41, 5.74) is 3.32. The molecule has 0 unspecified atom stereocenters. The van der Waals surface area contributed by atoms with Gasteiger partial charge in [-0.15, -0.1) is 0 Å². The number of piperidine rings is 1. The molecule has 2 aliphatic heterocycles. The van der Waals surface area contributed by atoms with Crippen molar-refractivity contribution < 1.29 is 27.6 Å². The zero-order chi connectivity index (χ0) is 24.3. The van der Waals surface area contributed by atoms with Gasteiger partial charge in [-0.2, -0.15) is 4.31 Å². The van der Waals surface area contributed by atoms with Crippen molar-refractivity contribution in [3.8, 4) is 5.75 Å². The average Bonchev–Trinajstić information content (AvgIpc) is 3.24. The van der Waals surface area contributed by atoms with Crippen LogP contribution in [0.4, 0.5) is 0 Å². The molecule has 10 heteroatoms. The van der Waals surface area contributed by atoms with Crippen LogP contribution in [0.15, 0.2) is 59.5 Å². The molecule has 2 saturated heterocycles. The molecule has 2 aromatic carbocycles. The molecule has 9 nitrogen and oxygen atoms in total. The molecule has 2 aliphatic rings. The third-order valence-corrected chi connectivity index (χ3v) is 8.47. The molecule has 2 fully saturated rings. The molecular weight excluding hydrogens is 458 g/mol. The number of hydroxylamine groups is 1. The highest BCUT2D eigenvalue weighted by molar-refractivity contribution is 7.89. The Bertz CT molecular complexity index is 1120. The third kappa shape index (κ3) is 4.94. The van der Waals surface area contributed by atoms with E-state index in [1.54, 1.807) is 17.0 Å². The summed E-state index contributed by atoms with van der Waals surface area (Å²) in [6, 6.07) is 14.0. The number of amides is 2. The van der Waals surface area contributed by atoms with Crippen molar-refractivity contribution in [2.75, 3.05) is 20.2 Å². The maximum absolute atomic E-state index is 13.7. The van der Waals surface area contributed by atoms with Crippen molar-refractivity contribution in [2.45, 2.75) is 43.4 Å². The Morgan fingerprint density at radius 3 is 2.44 bits per heavy atom. The van der Waals surface area contributed by atoms with Crippen molar-refractivity contribution in [1.82, 2.24) is 14.7 Å². The number of nitrogens with one attached hydrogen (secondary N) is 1. The molecule has 4 rings (SSSR count). The van der Waals surface area contributed by atoms with Crippen LogP contribution in [-0.2, 0) is 31.1 Å². The first-order valence-electron chi connectivity index (χ1n) is 11.2. The minimum atomic E-state index is -4.03. The number of carbonyl (C=O) groups is 2. The Morgan fingerprint density at radius 2 is 1.79 bits per heavy atom. The number of sulfonamides is 1. The minimum absolute atomic E-state index is 0.0338. The lowest BCUT2D eigenvalue weighted by molar-refractivity contribution is -0.138. The van der Waals surface area contributed by atoms with Gasteiger partial charge in [-0.25, -0.2) is 13.9 Å². The molecule has 3 atom stereocenters. The van der Waals surface area contributed by atoms with Crippen molar-refractivity contribution in [3.05, 3.63) is 60.2 Å². The predicted octanol–water partition coefficient (Wildman–Crippen LogP) is 1.94. The summed E-state index contributed by atoms with van der Waals surface area (Å²) in [5, 5.41) is 0. The molecule has 2 heterocycles. The number of rotatable bonds is 7. The van der Waals surface area contributed by atoms with E-state index in [0.717, 1.165) is 5.56 Å². The van der Waals surface area contributed by atoms with Gasteiger partial charge >= 0.3 is 0 Å². The van der Waals surface area contributed by atoms with E-state index < -0.39 is 28.0 Å². The van der Waals surface area contributed by atoms with Gasteiger partial charge in [-0.05, 0) is 48.6 Å². The molecule has 0 spiro atoms. The molecule has 0 bridgehead atoms. The number of ether oxygens (including phenoxy) is 1. The fourth-order valence-corrected chi connectivity index (χ4v) is 6.56. The van der Waals surface area contributed by atoms with Crippen LogP contribution >= 0.6 is 0 Å². The lowest BCUT2D eigenvalue weighted by atomic mass is 9.91. The van der Waals surface area contributed by atoms with Crippen LogP contribution in [0.2, 0.25) is 0 Å². The van der Waals surface area contributed by atoms with E-state index >= 15 is 0 Å². The van der Waals surface area contributed by atoms with Gasteiger partial charge in [-0.1, -0.05) is 30.3 Å². The van der Waals surface area contributed by atoms with Gasteiger partial charge in [0.15, 0.2) is 0 Å². The molecule has 0 aromatic heterocycles. The standard InChI is InChI=1S/C24H29N3O6S/c1-17(28)26-13-12-19-14-22(24(29)25-33-16-18-6-4-3-5-7-18)27(23(19)15-26)34(30,31)21-10-8-20(32-2)9-11-21/h3-11,19,22-23H,12-16H2,1-2H3,(H,25,29)/t19-,22-,23-/m0/s1. The molecule has 34 heavy (non-hydrogen) atoms. The van der Waals surface area contributed by atoms with E-state index in [-0.39, 0.29) is 29.9 Å². The monoisotopic (exact) mass is 487 g/mol. The van der Waals surface area contributed by atoms with Crippen LogP contribution in [0.3, 0.4) is 0 Å². The number of hydrogen-bond donors (Lipinski definition) is 1. The Morgan fingerprint density at radius 1 is 1.09 bits per heavy atom. The van der Waals surface area contributed by atoms with Crippen LogP contribution in [0.5, 0.6) is 5.75 Å². The second-order valence-electron chi connectivity index (χ2n) is 8.58. The highest BCUT2D eigenvalue weighted by Crippen LogP contribution is 2.40. The molecule has 182 valence electrons. The summed E-state index contributed by atoms with van der Waals surface area (Å²) in [7, 11) is -2.53. The van der Waals surface area contributed by atoms with Gasteiger partial charge in [0.25, 0.3) is 5.91 Å². The van der Waals surface area contributed by atoms with Gasteiger partial charge in [-0.3, -0.25) is 14.4 Å². The van der Waals surface area contributed by atoms with Crippen LogP contribution in [0.1, 0.15) is 25.3 Å². The lowest BCUT2D eigenvalue weighted by Crippen LogP contribution is -2.54. The fourth-order valence-electron chi connectivity index (χ4n) is 4.72. The summed E-state index contributed by atoms with van der Waals surface area (Å²) in [6.07, 6.45) is 1.000. The smallest absolute Gasteiger partial charge is 0.262 e. The van der Waals surface area contributed by atoms with Crippen molar-refractivity contribution >= 4 is 21.8 Å². The highest BCUT2D eigenvalue weighted by Gasteiger charge is 2.52. The summed E-state index contributed by atoms with van der Waals surface area (Å²) in [5.74, 6) is -0.132. The van der Waals surface area contributed by atoms with Gasteiger partial charge in [0.1, 0.15) is 11.8 Å². The van der Waals surface area contributed by atoms with Crippen LogP contribution in [0, 0.1) is 5.92 Å². The topological polar surface area (TPSA) is 105 Å². The van der Waals surface area contributed by atoms with Crippen LogP contribution in [-0.4, -0.2) is 61.7 Å². The Hall–Kier alpha value is -2.95. The van der Waals surface area contributed by atoms with Crippen molar-refractivity contribution in [3.63, 3.8) is 0 Å². The number of carbonyl (C=O) groups excluding carboxylic acids is 2. The van der Waals surface area contributed by atoms with Gasteiger partial charge in [0.05, 0.1) is 18.6 Å². The largest absolute Gasteiger partial charge is 0.497 e. The van der Waals surface area contributed by atoms with Gasteiger partial charge in [0.2, 0.25) is 15.9 Å². The first kappa shape index (κ1) is 24.2. The zero-order valence-electron chi connectivity index (χ0n) is 19.2. The normalized spacial score (nSPS) is 22.8. The van der Waals surface area contributed by atoms with Gasteiger partial charge in [0, 0.05) is 26.1 Å². The van der Waals surface area contributed by atoms with E-state index in [1.807, 2.05) is 30.3 Å². The number of fused-ring (bicyclic) bond motifs is 1.